The normalized spacial score (nSPS) is 17.1. The molecule has 5 atom stereocenters. The third-order valence-corrected chi connectivity index (χ3v) is 11.1. The van der Waals surface area contributed by atoms with E-state index in [0.29, 0.717) is 6.42 Å². The zero-order chi connectivity index (χ0) is 45.4. The first-order valence-electron chi connectivity index (χ1n) is 22.9. The lowest BCUT2D eigenvalue weighted by Crippen LogP contribution is -2.46. The van der Waals surface area contributed by atoms with Gasteiger partial charge in [0.25, 0.3) is 5.56 Å². The Morgan fingerprint density at radius 1 is 0.873 bits per heavy atom. The molecule has 3 heterocycles. The Morgan fingerprint density at radius 3 is 2.13 bits per heavy atom. The maximum Gasteiger partial charge on any atom is 0.408 e. The number of alkyl carbamates (subject to hydrolysis) is 1. The van der Waals surface area contributed by atoms with E-state index in [1.807, 2.05) is 18.2 Å². The van der Waals surface area contributed by atoms with Gasteiger partial charge in [-0.3, -0.25) is 23.9 Å². The van der Waals surface area contributed by atoms with Crippen molar-refractivity contribution >= 4 is 41.1 Å². The number of amides is 1. The quantitative estimate of drug-likeness (QED) is 0.0327. The van der Waals surface area contributed by atoms with E-state index in [1.54, 1.807) is 26.0 Å². The summed E-state index contributed by atoms with van der Waals surface area (Å²) in [6.07, 6.45) is 14.8. The summed E-state index contributed by atoms with van der Waals surface area (Å²) in [6.45, 7) is 4.70. The number of halogens is 1. The SMILES string of the molecule is CCCCCCCCCCCCCCCCCC(=O)OCC(COC(=O)[C@@H](NC(=O)OCc1ccccc1)C(C)C)CC(=O)OC[C@H]1O[C@@H](n2cnc3c(=O)[nH]c(N)nc32)CC1F. The Bertz CT molecular complexity index is 1890. The van der Waals surface area contributed by atoms with E-state index in [0.717, 1.165) is 24.8 Å². The number of nitrogens with zero attached hydrogens (tertiary/aromatic N) is 3. The van der Waals surface area contributed by atoms with E-state index >= 15 is 4.39 Å². The number of hydrogen-bond donors (Lipinski definition) is 3. The molecular weight excluding hydrogens is 816 g/mol. The van der Waals surface area contributed by atoms with Gasteiger partial charge in [-0.1, -0.05) is 141 Å². The van der Waals surface area contributed by atoms with E-state index in [4.69, 9.17) is 29.4 Å². The van der Waals surface area contributed by atoms with Crippen LogP contribution in [-0.4, -0.2) is 81.7 Å². The molecule has 4 rings (SSSR count). The summed E-state index contributed by atoms with van der Waals surface area (Å²) < 4.78 is 44.2. The number of nitrogen functional groups attached to an aromatic ring is 1. The molecule has 0 radical (unpaired) electrons. The van der Waals surface area contributed by atoms with Crippen molar-refractivity contribution in [1.82, 2.24) is 24.8 Å². The Labute approximate surface area is 369 Å². The number of alkyl halides is 1. The van der Waals surface area contributed by atoms with Gasteiger partial charge in [0.15, 0.2) is 11.2 Å². The predicted octanol–water partition coefficient (Wildman–Crippen LogP) is 8.18. The molecule has 3 aromatic rings. The van der Waals surface area contributed by atoms with Crippen LogP contribution in [0.3, 0.4) is 0 Å². The number of fused-ring (bicyclic) bond motifs is 1. The van der Waals surface area contributed by atoms with Crippen LogP contribution in [0.15, 0.2) is 41.5 Å². The fourth-order valence-corrected chi connectivity index (χ4v) is 7.40. The molecule has 350 valence electrons. The largest absolute Gasteiger partial charge is 0.465 e. The number of H-pyrrole nitrogens is 1. The minimum absolute atomic E-state index is 0.00508. The van der Waals surface area contributed by atoms with Crippen LogP contribution in [-0.2, 0) is 44.7 Å². The number of nitrogens with one attached hydrogen (secondary N) is 2. The highest BCUT2D eigenvalue weighted by molar-refractivity contribution is 5.81. The number of anilines is 1. The molecule has 0 aliphatic carbocycles. The highest BCUT2D eigenvalue weighted by Gasteiger charge is 2.38. The number of aromatic nitrogens is 4. The number of esters is 3. The van der Waals surface area contributed by atoms with E-state index in [1.165, 1.54) is 81.5 Å². The number of unbranched alkanes of at least 4 members (excludes halogenated alkanes) is 14. The second kappa shape index (κ2) is 27.9. The van der Waals surface area contributed by atoms with E-state index < -0.39 is 66.6 Å². The van der Waals surface area contributed by atoms with Crippen molar-refractivity contribution in [2.75, 3.05) is 25.6 Å². The molecule has 1 amide bonds. The molecule has 1 aliphatic heterocycles. The molecule has 2 unspecified atom stereocenters. The third-order valence-electron chi connectivity index (χ3n) is 11.1. The van der Waals surface area contributed by atoms with Gasteiger partial charge in [0, 0.05) is 18.8 Å². The van der Waals surface area contributed by atoms with Gasteiger partial charge >= 0.3 is 24.0 Å². The third kappa shape index (κ3) is 18.3. The predicted molar refractivity (Wildman–Crippen MR) is 235 cm³/mol. The molecule has 0 bridgehead atoms. The first-order valence-corrected chi connectivity index (χ1v) is 22.9. The van der Waals surface area contributed by atoms with Gasteiger partial charge < -0.3 is 34.7 Å². The minimum Gasteiger partial charge on any atom is -0.465 e. The highest BCUT2D eigenvalue weighted by atomic mass is 19.1. The molecule has 1 aromatic carbocycles. The van der Waals surface area contributed by atoms with Crippen molar-refractivity contribution in [3.63, 3.8) is 0 Å². The molecule has 1 fully saturated rings. The molecule has 4 N–H and O–H groups in total. The zero-order valence-corrected chi connectivity index (χ0v) is 37.4. The van der Waals surface area contributed by atoms with Crippen molar-refractivity contribution in [3.05, 3.63) is 52.6 Å². The summed E-state index contributed by atoms with van der Waals surface area (Å²) in [5.41, 5.74) is 6.05. The number of ether oxygens (including phenoxy) is 5. The second-order valence-corrected chi connectivity index (χ2v) is 16.8. The van der Waals surface area contributed by atoms with Crippen LogP contribution in [0.4, 0.5) is 15.1 Å². The molecule has 1 saturated heterocycles. The lowest BCUT2D eigenvalue weighted by Gasteiger charge is -2.23. The van der Waals surface area contributed by atoms with Crippen LogP contribution in [0.1, 0.15) is 148 Å². The highest BCUT2D eigenvalue weighted by Crippen LogP contribution is 2.32. The first-order chi connectivity index (χ1) is 30.4. The average molecular weight is 885 g/mol. The van der Waals surface area contributed by atoms with Crippen molar-refractivity contribution < 1.29 is 47.3 Å². The van der Waals surface area contributed by atoms with Crippen molar-refractivity contribution in [3.8, 4) is 0 Å². The topological polar surface area (TPSA) is 216 Å². The van der Waals surface area contributed by atoms with Gasteiger partial charge in [0.2, 0.25) is 5.95 Å². The van der Waals surface area contributed by atoms with Crippen LogP contribution in [0.25, 0.3) is 11.2 Å². The van der Waals surface area contributed by atoms with E-state index in [2.05, 4.69) is 27.2 Å². The van der Waals surface area contributed by atoms with Gasteiger partial charge in [0.05, 0.1) is 26.0 Å². The van der Waals surface area contributed by atoms with Gasteiger partial charge in [0.1, 0.15) is 37.8 Å². The molecule has 0 saturated carbocycles. The van der Waals surface area contributed by atoms with Crippen molar-refractivity contribution in [2.24, 2.45) is 11.8 Å². The fraction of sp³-hybridized carbons (Fsp3) is 0.674. The molecule has 63 heavy (non-hydrogen) atoms. The average Bonchev–Trinajstić information content (AvgIpc) is 3.86. The summed E-state index contributed by atoms with van der Waals surface area (Å²) in [7, 11) is 0. The van der Waals surface area contributed by atoms with Gasteiger partial charge in [-0.05, 0) is 17.9 Å². The number of imidazole rings is 1. The van der Waals surface area contributed by atoms with Gasteiger partial charge in [-0.15, -0.1) is 0 Å². The molecule has 0 spiro atoms. The van der Waals surface area contributed by atoms with Crippen molar-refractivity contribution in [1.29, 1.82) is 0 Å². The summed E-state index contributed by atoms with van der Waals surface area (Å²) >= 11 is 0. The maximum absolute atomic E-state index is 15.2. The minimum atomic E-state index is -1.53. The van der Waals surface area contributed by atoms with Gasteiger partial charge in [-0.2, -0.15) is 4.98 Å². The molecular formula is C46H69FN6O10. The Balaban J connectivity index is 1.22. The van der Waals surface area contributed by atoms with Crippen molar-refractivity contribution in [2.45, 2.75) is 167 Å². The monoisotopic (exact) mass is 885 g/mol. The van der Waals surface area contributed by atoms with Gasteiger partial charge in [-0.25, -0.2) is 19.0 Å². The fourth-order valence-electron chi connectivity index (χ4n) is 7.40. The number of carbonyl (C=O) groups excluding carboxylic acids is 4. The van der Waals surface area contributed by atoms with Crippen LogP contribution < -0.4 is 16.6 Å². The summed E-state index contributed by atoms with van der Waals surface area (Å²) in [5, 5.41) is 2.55. The van der Waals surface area contributed by atoms with E-state index in [9.17, 15) is 24.0 Å². The number of benzene rings is 1. The zero-order valence-electron chi connectivity index (χ0n) is 37.4. The van der Waals surface area contributed by atoms with Crippen LogP contribution >= 0.6 is 0 Å². The molecule has 2 aromatic heterocycles. The lowest BCUT2D eigenvalue weighted by atomic mass is 10.0. The van der Waals surface area contributed by atoms with E-state index in [-0.39, 0.29) is 62.1 Å². The van der Waals surface area contributed by atoms with Crippen LogP contribution in [0, 0.1) is 11.8 Å². The van der Waals surface area contributed by atoms with Crippen LogP contribution in [0.2, 0.25) is 0 Å². The number of hydrogen-bond acceptors (Lipinski definition) is 13. The summed E-state index contributed by atoms with van der Waals surface area (Å²) in [5.74, 6) is -3.28. The molecule has 17 heteroatoms. The maximum atomic E-state index is 15.2. The second-order valence-electron chi connectivity index (χ2n) is 16.8. The smallest absolute Gasteiger partial charge is 0.408 e. The standard InChI is InChI=1S/C46H69FN6O10/c1-4-5-6-7-8-9-10-11-12-13-14-15-16-17-21-24-38(54)59-28-34(29-61-44(57)40(32(2)3)50-46(58)62-27-33-22-19-18-20-23-33)25-39(55)60-30-36-35(47)26-37(63-36)53-31-49-41-42(53)51-45(48)52-43(41)56/h18-20,22-23,31-32,34-37,40H,4-17,21,24-30H2,1-3H3,(H,50,58)(H3,48,51,52,56)/t34?,35?,36-,37-,40+/m1/s1. The Hall–Kier alpha value is -5.06. The Morgan fingerprint density at radius 2 is 1.49 bits per heavy atom. The number of rotatable bonds is 30. The summed E-state index contributed by atoms with van der Waals surface area (Å²) in [4.78, 5) is 74.5. The number of aromatic amines is 1. The Kier molecular flexibility index (Phi) is 22.4. The number of carbonyl (C=O) groups is 4. The van der Waals surface area contributed by atoms with Crippen LogP contribution in [0.5, 0.6) is 0 Å². The molecule has 1 aliphatic rings. The summed E-state index contributed by atoms with van der Waals surface area (Å²) in [6, 6.07) is 8.00. The number of nitrogens with two attached hydrogens (primary N) is 1. The lowest BCUT2D eigenvalue weighted by molar-refractivity contribution is -0.158. The molecule has 16 nitrogen and oxygen atoms in total. The first kappa shape index (κ1) is 50.6.